The lowest BCUT2D eigenvalue weighted by Crippen LogP contribution is -2.33. The average molecular weight is 451 g/mol. The minimum atomic E-state index is -4.57. The monoisotopic (exact) mass is 451 g/mol. The standard InChI is InChI=1S/C16H16F3N3O5S2/c1-28(24,25)21-13-4-2-3-5-14(13)22-29(26,27)12-8-6-11(7-9-12)15(23)20-10-16(17,18)19/h2-9,21-22H,10H2,1H3,(H,20,23). The molecule has 2 aromatic carbocycles. The van der Waals surface area contributed by atoms with Crippen LogP contribution in [-0.2, 0) is 20.0 Å². The number of carbonyl (C=O) groups is 1. The summed E-state index contributed by atoms with van der Waals surface area (Å²) in [6, 6.07) is 9.87. The molecular formula is C16H16F3N3O5S2. The Labute approximate surface area is 165 Å². The lowest BCUT2D eigenvalue weighted by molar-refractivity contribution is -0.123. The second kappa shape index (κ2) is 8.29. The molecule has 0 saturated carbocycles. The van der Waals surface area contributed by atoms with Crippen LogP contribution in [0, 0.1) is 0 Å². The Morgan fingerprint density at radius 2 is 1.41 bits per heavy atom. The normalized spacial score (nSPS) is 12.3. The van der Waals surface area contributed by atoms with Crippen LogP contribution in [0.15, 0.2) is 53.4 Å². The molecule has 1 amide bonds. The van der Waals surface area contributed by atoms with E-state index in [1.165, 1.54) is 24.3 Å². The molecule has 0 aliphatic heterocycles. The molecule has 3 N–H and O–H groups in total. The number of hydrogen-bond acceptors (Lipinski definition) is 5. The summed E-state index contributed by atoms with van der Waals surface area (Å²) in [5.41, 5.74) is -0.195. The Morgan fingerprint density at radius 1 is 0.897 bits per heavy atom. The molecule has 0 spiro atoms. The smallest absolute Gasteiger partial charge is 0.343 e. The van der Waals surface area contributed by atoms with Crippen molar-refractivity contribution in [3.8, 4) is 0 Å². The zero-order valence-corrected chi connectivity index (χ0v) is 16.5. The minimum Gasteiger partial charge on any atom is -0.343 e. The molecule has 158 valence electrons. The molecule has 0 atom stereocenters. The largest absolute Gasteiger partial charge is 0.405 e. The number of sulfonamides is 2. The third-order valence-electron chi connectivity index (χ3n) is 3.34. The maximum Gasteiger partial charge on any atom is 0.405 e. The van der Waals surface area contributed by atoms with Gasteiger partial charge in [0, 0.05) is 5.56 Å². The summed E-state index contributed by atoms with van der Waals surface area (Å²) in [4.78, 5) is 11.4. The number of carbonyl (C=O) groups excluding carboxylic acids is 1. The predicted molar refractivity (Wildman–Crippen MR) is 101 cm³/mol. The van der Waals surface area contributed by atoms with Crippen LogP contribution in [0.5, 0.6) is 0 Å². The number of nitrogens with one attached hydrogen (secondary N) is 3. The molecule has 0 bridgehead atoms. The zero-order chi connectivity index (χ0) is 21.9. The topological polar surface area (TPSA) is 121 Å². The summed E-state index contributed by atoms with van der Waals surface area (Å²) in [6.45, 7) is -1.52. The van der Waals surface area contributed by atoms with Gasteiger partial charge in [0.15, 0.2) is 0 Å². The van der Waals surface area contributed by atoms with E-state index < -0.39 is 38.7 Å². The van der Waals surface area contributed by atoms with E-state index in [2.05, 4.69) is 9.44 Å². The van der Waals surface area contributed by atoms with Crippen molar-refractivity contribution in [1.29, 1.82) is 0 Å². The molecule has 0 aliphatic carbocycles. The van der Waals surface area contributed by atoms with Gasteiger partial charge < -0.3 is 5.32 Å². The molecule has 0 fully saturated rings. The molecule has 0 heterocycles. The van der Waals surface area contributed by atoms with Gasteiger partial charge in [0.2, 0.25) is 10.0 Å². The Hall–Kier alpha value is -2.80. The predicted octanol–water partition coefficient (Wildman–Crippen LogP) is 2.15. The fourth-order valence-electron chi connectivity index (χ4n) is 2.13. The molecule has 8 nitrogen and oxygen atoms in total. The highest BCUT2D eigenvalue weighted by atomic mass is 32.2. The van der Waals surface area contributed by atoms with Gasteiger partial charge >= 0.3 is 6.18 Å². The van der Waals surface area contributed by atoms with Crippen LogP contribution < -0.4 is 14.8 Å². The van der Waals surface area contributed by atoms with E-state index in [0.717, 1.165) is 30.5 Å². The Morgan fingerprint density at radius 3 is 1.90 bits per heavy atom. The molecule has 0 unspecified atom stereocenters. The van der Waals surface area contributed by atoms with Crippen LogP contribution >= 0.6 is 0 Å². The lowest BCUT2D eigenvalue weighted by Gasteiger charge is -2.13. The van der Waals surface area contributed by atoms with E-state index in [1.54, 1.807) is 5.32 Å². The summed E-state index contributed by atoms with van der Waals surface area (Å²) in [7, 11) is -7.83. The number of rotatable bonds is 7. The number of amides is 1. The molecule has 0 saturated heterocycles. The molecule has 2 rings (SSSR count). The molecule has 2 aromatic rings. The van der Waals surface area contributed by atoms with Gasteiger partial charge in [-0.15, -0.1) is 0 Å². The summed E-state index contributed by atoms with van der Waals surface area (Å²) in [5.74, 6) is -1.01. The van der Waals surface area contributed by atoms with Crippen LogP contribution in [0.25, 0.3) is 0 Å². The summed E-state index contributed by atoms with van der Waals surface area (Å²) >= 11 is 0. The Kier molecular flexibility index (Phi) is 6.43. The van der Waals surface area contributed by atoms with Gasteiger partial charge in [-0.05, 0) is 36.4 Å². The van der Waals surface area contributed by atoms with Crippen molar-refractivity contribution >= 4 is 37.3 Å². The maximum absolute atomic E-state index is 12.5. The van der Waals surface area contributed by atoms with Crippen molar-refractivity contribution in [1.82, 2.24) is 5.32 Å². The highest BCUT2D eigenvalue weighted by molar-refractivity contribution is 7.93. The molecule has 0 aliphatic rings. The van der Waals surface area contributed by atoms with Crippen LogP contribution in [-0.4, -0.2) is 41.7 Å². The first-order valence-corrected chi connectivity index (χ1v) is 11.2. The highest BCUT2D eigenvalue weighted by Crippen LogP contribution is 2.25. The summed E-state index contributed by atoms with van der Waals surface area (Å²) in [6.07, 6.45) is -3.67. The molecule has 0 aromatic heterocycles. The van der Waals surface area contributed by atoms with Gasteiger partial charge in [-0.2, -0.15) is 13.2 Å². The maximum atomic E-state index is 12.5. The van der Waals surface area contributed by atoms with Crippen molar-refractivity contribution in [2.45, 2.75) is 11.1 Å². The number of para-hydroxylation sites is 2. The second-order valence-corrected chi connectivity index (χ2v) is 9.28. The minimum absolute atomic E-state index is 0.00160. The number of anilines is 2. The molecular weight excluding hydrogens is 435 g/mol. The van der Waals surface area contributed by atoms with Gasteiger partial charge in [0.05, 0.1) is 22.5 Å². The number of halogens is 3. The first-order chi connectivity index (χ1) is 13.3. The number of alkyl halides is 3. The highest BCUT2D eigenvalue weighted by Gasteiger charge is 2.28. The van der Waals surface area contributed by atoms with E-state index in [0.29, 0.717) is 0 Å². The Balaban J connectivity index is 2.20. The summed E-state index contributed by atoms with van der Waals surface area (Å²) in [5, 5.41) is 1.67. The van der Waals surface area contributed by atoms with E-state index in [-0.39, 0.29) is 21.8 Å². The number of benzene rings is 2. The van der Waals surface area contributed by atoms with E-state index in [1.807, 2.05) is 0 Å². The van der Waals surface area contributed by atoms with Crippen LogP contribution in [0.2, 0.25) is 0 Å². The number of hydrogen-bond donors (Lipinski definition) is 3. The lowest BCUT2D eigenvalue weighted by atomic mass is 10.2. The van der Waals surface area contributed by atoms with Gasteiger partial charge in [0.25, 0.3) is 15.9 Å². The fourth-order valence-corrected chi connectivity index (χ4v) is 3.79. The van der Waals surface area contributed by atoms with Gasteiger partial charge in [0.1, 0.15) is 6.54 Å². The first-order valence-electron chi connectivity index (χ1n) is 7.81. The summed E-state index contributed by atoms with van der Waals surface area (Å²) < 4.78 is 88.7. The SMILES string of the molecule is CS(=O)(=O)Nc1ccccc1NS(=O)(=O)c1ccc(C(=O)NCC(F)(F)F)cc1. The van der Waals surface area contributed by atoms with Crippen molar-refractivity contribution in [2.24, 2.45) is 0 Å². The van der Waals surface area contributed by atoms with Crippen molar-refractivity contribution < 1.29 is 34.8 Å². The molecule has 0 radical (unpaired) electrons. The van der Waals surface area contributed by atoms with Crippen molar-refractivity contribution in [3.05, 3.63) is 54.1 Å². The molecule has 13 heteroatoms. The van der Waals surface area contributed by atoms with Crippen LogP contribution in [0.4, 0.5) is 24.5 Å². The first kappa shape index (κ1) is 22.5. The van der Waals surface area contributed by atoms with E-state index in [9.17, 15) is 34.8 Å². The van der Waals surface area contributed by atoms with Crippen molar-refractivity contribution in [2.75, 3.05) is 22.2 Å². The Bertz CT molecular complexity index is 1100. The van der Waals surface area contributed by atoms with Gasteiger partial charge in [-0.25, -0.2) is 16.8 Å². The molecule has 29 heavy (non-hydrogen) atoms. The van der Waals surface area contributed by atoms with Crippen molar-refractivity contribution in [3.63, 3.8) is 0 Å². The second-order valence-electron chi connectivity index (χ2n) is 5.85. The van der Waals surface area contributed by atoms with E-state index in [4.69, 9.17) is 0 Å². The van der Waals surface area contributed by atoms with Gasteiger partial charge in [-0.3, -0.25) is 14.2 Å². The van der Waals surface area contributed by atoms with Crippen LogP contribution in [0.3, 0.4) is 0 Å². The average Bonchev–Trinajstić information content (AvgIpc) is 2.59. The van der Waals surface area contributed by atoms with E-state index >= 15 is 0 Å². The fraction of sp³-hybridized carbons (Fsp3) is 0.188. The third-order valence-corrected chi connectivity index (χ3v) is 5.32. The van der Waals surface area contributed by atoms with Gasteiger partial charge in [-0.1, -0.05) is 12.1 Å². The zero-order valence-electron chi connectivity index (χ0n) is 14.8. The van der Waals surface area contributed by atoms with Crippen LogP contribution in [0.1, 0.15) is 10.4 Å². The quantitative estimate of drug-likeness (QED) is 0.596. The third kappa shape index (κ3) is 6.94.